The Labute approximate surface area is 214 Å². The van der Waals surface area contributed by atoms with Crippen molar-refractivity contribution in [2.45, 2.75) is 26.2 Å². The number of aryl methyl sites for hydroxylation is 2. The van der Waals surface area contributed by atoms with Crippen molar-refractivity contribution in [3.8, 4) is 16.9 Å². The Balaban J connectivity index is 1.25. The van der Waals surface area contributed by atoms with Crippen molar-refractivity contribution in [3.63, 3.8) is 0 Å². The summed E-state index contributed by atoms with van der Waals surface area (Å²) in [5, 5.41) is 6.47. The number of benzene rings is 3. The second-order valence-electron chi connectivity index (χ2n) is 9.72. The van der Waals surface area contributed by atoms with E-state index in [4.69, 9.17) is 4.74 Å². The molecule has 0 bridgehead atoms. The second-order valence-corrected chi connectivity index (χ2v) is 9.72. The summed E-state index contributed by atoms with van der Waals surface area (Å²) < 4.78 is 5.98. The van der Waals surface area contributed by atoms with Crippen LogP contribution >= 0.6 is 0 Å². The topological polar surface area (TPSA) is 53.6 Å². The maximum absolute atomic E-state index is 13.2. The van der Waals surface area contributed by atoms with E-state index in [0.29, 0.717) is 6.61 Å². The van der Waals surface area contributed by atoms with Crippen LogP contribution in [0.4, 0.5) is 5.69 Å². The minimum Gasteiger partial charge on any atom is -0.492 e. The number of anilines is 1. The van der Waals surface area contributed by atoms with Gasteiger partial charge in [0.2, 0.25) is 0 Å². The summed E-state index contributed by atoms with van der Waals surface area (Å²) in [5.74, 6) is 0.743. The fraction of sp³-hybridized carbons (Fsp3) is 0.323. The van der Waals surface area contributed by atoms with Crippen molar-refractivity contribution in [1.82, 2.24) is 10.2 Å². The normalized spacial score (nSPS) is 16.0. The standard InChI is InChI=1S/C31H35N3O2/c1-23-8-10-25(11-9-23)26-13-12-24-4-2-5-27(21-28(24)20-26)31(35)33-29-6-3-7-30(22-29)36-19-18-34-16-14-32-15-17-34/h3,6-13,20-22,32H,2,4-5,14-19H2,1H3,(H,33,35). The summed E-state index contributed by atoms with van der Waals surface area (Å²) in [7, 11) is 0. The molecule has 3 aromatic carbocycles. The van der Waals surface area contributed by atoms with Gasteiger partial charge >= 0.3 is 0 Å². The number of carbonyl (C=O) groups excluding carboxylic acids is 1. The van der Waals surface area contributed by atoms with Gasteiger partial charge in [-0.25, -0.2) is 0 Å². The SMILES string of the molecule is Cc1ccc(-c2ccc3c(c2)C=C(C(=O)Nc2cccc(OCCN4CCNCC4)c2)CCC3)cc1. The lowest BCUT2D eigenvalue weighted by Gasteiger charge is -2.26. The highest BCUT2D eigenvalue weighted by atomic mass is 16.5. The van der Waals surface area contributed by atoms with Crippen LogP contribution in [-0.2, 0) is 11.2 Å². The summed E-state index contributed by atoms with van der Waals surface area (Å²) in [5.41, 5.74) is 7.65. The Kier molecular flexibility index (Phi) is 7.79. The zero-order valence-electron chi connectivity index (χ0n) is 21.1. The van der Waals surface area contributed by atoms with E-state index < -0.39 is 0 Å². The third-order valence-corrected chi connectivity index (χ3v) is 7.02. The number of rotatable bonds is 7. The molecule has 1 aliphatic heterocycles. The minimum absolute atomic E-state index is 0.0402. The number of hydrogen-bond donors (Lipinski definition) is 2. The Morgan fingerprint density at radius 3 is 2.61 bits per heavy atom. The fourth-order valence-electron chi connectivity index (χ4n) is 4.89. The molecule has 5 heteroatoms. The minimum atomic E-state index is -0.0402. The lowest BCUT2D eigenvalue weighted by Crippen LogP contribution is -2.44. The molecule has 5 nitrogen and oxygen atoms in total. The molecule has 0 atom stereocenters. The van der Waals surface area contributed by atoms with Gasteiger partial charge < -0.3 is 15.4 Å². The van der Waals surface area contributed by atoms with E-state index in [-0.39, 0.29) is 5.91 Å². The average molecular weight is 482 g/mol. The van der Waals surface area contributed by atoms with Gasteiger partial charge in [-0.3, -0.25) is 9.69 Å². The lowest BCUT2D eigenvalue weighted by atomic mass is 9.97. The predicted molar refractivity (Wildman–Crippen MR) is 147 cm³/mol. The molecule has 5 rings (SSSR count). The number of hydrogen-bond acceptors (Lipinski definition) is 4. The highest BCUT2D eigenvalue weighted by molar-refractivity contribution is 6.07. The van der Waals surface area contributed by atoms with Gasteiger partial charge in [-0.15, -0.1) is 0 Å². The molecule has 1 fully saturated rings. The summed E-state index contributed by atoms with van der Waals surface area (Å²) in [6.07, 6.45) is 4.78. The van der Waals surface area contributed by atoms with Gasteiger partial charge in [0.25, 0.3) is 5.91 Å². The molecule has 1 aliphatic carbocycles. The van der Waals surface area contributed by atoms with Crippen LogP contribution in [0, 0.1) is 6.92 Å². The number of nitrogens with one attached hydrogen (secondary N) is 2. The molecule has 186 valence electrons. The highest BCUT2D eigenvalue weighted by Crippen LogP contribution is 2.29. The van der Waals surface area contributed by atoms with Crippen molar-refractivity contribution in [2.75, 3.05) is 44.6 Å². The first-order chi connectivity index (χ1) is 17.6. The molecular formula is C31H35N3O2. The van der Waals surface area contributed by atoms with E-state index in [2.05, 4.69) is 71.0 Å². The van der Waals surface area contributed by atoms with Gasteiger partial charge in [0, 0.05) is 50.1 Å². The first kappa shape index (κ1) is 24.3. The van der Waals surface area contributed by atoms with Crippen molar-refractivity contribution in [2.24, 2.45) is 0 Å². The van der Waals surface area contributed by atoms with Gasteiger partial charge in [-0.05, 0) is 72.7 Å². The molecule has 1 amide bonds. The number of fused-ring (bicyclic) bond motifs is 1. The lowest BCUT2D eigenvalue weighted by molar-refractivity contribution is -0.112. The number of nitrogens with zero attached hydrogens (tertiary/aromatic N) is 1. The van der Waals surface area contributed by atoms with E-state index in [1.807, 2.05) is 24.3 Å². The van der Waals surface area contributed by atoms with Crippen LogP contribution in [-0.4, -0.2) is 50.1 Å². The maximum atomic E-state index is 13.2. The van der Waals surface area contributed by atoms with E-state index in [1.165, 1.54) is 22.3 Å². The van der Waals surface area contributed by atoms with Crippen LogP contribution in [0.15, 0.2) is 72.3 Å². The van der Waals surface area contributed by atoms with Crippen molar-refractivity contribution in [1.29, 1.82) is 0 Å². The van der Waals surface area contributed by atoms with E-state index in [1.54, 1.807) is 0 Å². The van der Waals surface area contributed by atoms with Crippen molar-refractivity contribution in [3.05, 3.63) is 89.0 Å². The Hall–Kier alpha value is -3.41. The quantitative estimate of drug-likeness (QED) is 0.481. The number of piperazine rings is 1. The van der Waals surface area contributed by atoms with Gasteiger partial charge in [0.05, 0.1) is 0 Å². The highest BCUT2D eigenvalue weighted by Gasteiger charge is 2.16. The molecule has 0 aromatic heterocycles. The summed E-state index contributed by atoms with van der Waals surface area (Å²) >= 11 is 0. The Morgan fingerprint density at radius 1 is 0.972 bits per heavy atom. The van der Waals surface area contributed by atoms with E-state index in [9.17, 15) is 4.79 Å². The molecule has 1 heterocycles. The van der Waals surface area contributed by atoms with Crippen LogP contribution in [0.25, 0.3) is 17.2 Å². The molecule has 2 N–H and O–H groups in total. The number of carbonyl (C=O) groups is 1. The third-order valence-electron chi connectivity index (χ3n) is 7.02. The summed E-state index contributed by atoms with van der Waals surface area (Å²) in [4.78, 5) is 15.6. The van der Waals surface area contributed by atoms with Crippen LogP contribution in [0.1, 0.15) is 29.5 Å². The van der Waals surface area contributed by atoms with Crippen LogP contribution in [0.2, 0.25) is 0 Å². The molecule has 3 aromatic rings. The summed E-state index contributed by atoms with van der Waals surface area (Å²) in [6, 6.07) is 22.9. The molecular weight excluding hydrogens is 446 g/mol. The monoisotopic (exact) mass is 481 g/mol. The summed E-state index contributed by atoms with van der Waals surface area (Å²) in [6.45, 7) is 7.85. The Morgan fingerprint density at radius 2 is 1.78 bits per heavy atom. The first-order valence-electron chi connectivity index (χ1n) is 13.0. The molecule has 36 heavy (non-hydrogen) atoms. The third kappa shape index (κ3) is 6.23. The smallest absolute Gasteiger partial charge is 0.251 e. The molecule has 0 radical (unpaired) electrons. The average Bonchev–Trinajstić information content (AvgIpc) is 3.12. The first-order valence-corrected chi connectivity index (χ1v) is 13.0. The fourth-order valence-corrected chi connectivity index (χ4v) is 4.89. The molecule has 0 unspecified atom stereocenters. The number of ether oxygens (including phenoxy) is 1. The maximum Gasteiger partial charge on any atom is 0.251 e. The van der Waals surface area contributed by atoms with E-state index >= 15 is 0 Å². The second kappa shape index (κ2) is 11.5. The molecule has 0 spiro atoms. The van der Waals surface area contributed by atoms with Crippen LogP contribution in [0.5, 0.6) is 5.75 Å². The van der Waals surface area contributed by atoms with Crippen molar-refractivity contribution < 1.29 is 9.53 Å². The van der Waals surface area contributed by atoms with Gasteiger partial charge in [0.15, 0.2) is 0 Å². The predicted octanol–water partition coefficient (Wildman–Crippen LogP) is 5.30. The largest absolute Gasteiger partial charge is 0.492 e. The van der Waals surface area contributed by atoms with Crippen LogP contribution < -0.4 is 15.4 Å². The van der Waals surface area contributed by atoms with Crippen LogP contribution in [0.3, 0.4) is 0 Å². The van der Waals surface area contributed by atoms with Gasteiger partial charge in [-0.2, -0.15) is 0 Å². The molecule has 2 aliphatic rings. The van der Waals surface area contributed by atoms with Crippen molar-refractivity contribution >= 4 is 17.7 Å². The van der Waals surface area contributed by atoms with E-state index in [0.717, 1.165) is 74.6 Å². The Bertz CT molecular complexity index is 1230. The zero-order valence-corrected chi connectivity index (χ0v) is 21.1. The molecule has 1 saturated heterocycles. The van der Waals surface area contributed by atoms with Gasteiger partial charge in [0.1, 0.15) is 12.4 Å². The van der Waals surface area contributed by atoms with Gasteiger partial charge in [-0.1, -0.05) is 48.0 Å². The number of amides is 1. The zero-order chi connectivity index (χ0) is 24.7. The molecule has 0 saturated carbocycles.